The maximum atomic E-state index is 13.6. The summed E-state index contributed by atoms with van der Waals surface area (Å²) in [6.07, 6.45) is 5.57. The summed E-state index contributed by atoms with van der Waals surface area (Å²) < 4.78 is 8.46. The van der Waals surface area contributed by atoms with Crippen LogP contribution >= 0.6 is 11.6 Å². The Labute approximate surface area is 271 Å². The third-order valence-electron chi connectivity index (χ3n) is 9.15. The van der Waals surface area contributed by atoms with E-state index in [1.54, 1.807) is 0 Å². The molecule has 5 nitrogen and oxygen atoms in total. The van der Waals surface area contributed by atoms with Crippen LogP contribution in [0.4, 0.5) is 0 Å². The molecule has 1 aliphatic rings. The number of ether oxygens (including phenoxy) is 1. The largest absolute Gasteiger partial charge is 0.486 e. The molecule has 6 heteroatoms. The van der Waals surface area contributed by atoms with Gasteiger partial charge in [-0.3, -0.25) is 4.79 Å². The minimum Gasteiger partial charge on any atom is -0.486 e. The Kier molecular flexibility index (Phi) is 10.3. The van der Waals surface area contributed by atoms with Gasteiger partial charge < -0.3 is 14.2 Å². The number of carbonyl (C=O) groups is 1. The standard InChI is InChI=1S/C39H42ClN3O2/c1-29-11-8-18-36-38(29)41-37(28-45-34-21-19-33(40)20-22-34)43(36)25-10-13-30-12-9-24-42(27-30)26-23-35(31-14-4-2-5-15-31)39(44)32-16-6-3-7-17-32/h2-8,11,14-22,30,35H,9-10,12-13,23-28H2,1H3. The van der Waals surface area contributed by atoms with E-state index in [1.807, 2.05) is 72.8 Å². The van der Waals surface area contributed by atoms with Crippen molar-refractivity contribution >= 4 is 28.4 Å². The minimum absolute atomic E-state index is 0.125. The lowest BCUT2D eigenvalue weighted by Gasteiger charge is -2.33. The molecule has 1 saturated heterocycles. The van der Waals surface area contributed by atoms with Crippen LogP contribution in [0.2, 0.25) is 5.02 Å². The number of carbonyl (C=O) groups excluding carboxylic acids is 1. The van der Waals surface area contributed by atoms with Crippen LogP contribution in [0.3, 0.4) is 0 Å². The number of nitrogens with zero attached hydrogens (tertiary/aromatic N) is 3. The number of Topliss-reactive ketones (excluding diaryl/α,β-unsaturated/α-hetero) is 1. The van der Waals surface area contributed by atoms with Crippen molar-refractivity contribution in [3.63, 3.8) is 0 Å². The summed E-state index contributed by atoms with van der Waals surface area (Å²) in [5.41, 5.74) is 5.31. The number of likely N-dealkylation sites (tertiary alicyclic amines) is 1. The van der Waals surface area contributed by atoms with Crippen LogP contribution in [-0.2, 0) is 13.2 Å². The summed E-state index contributed by atoms with van der Waals surface area (Å²) in [4.78, 5) is 21.2. The van der Waals surface area contributed by atoms with E-state index in [2.05, 4.69) is 46.7 Å². The number of hydrogen-bond acceptors (Lipinski definition) is 4. The maximum Gasteiger partial charge on any atom is 0.170 e. The second kappa shape index (κ2) is 14.9. The SMILES string of the molecule is Cc1cccc2c1nc(COc1ccc(Cl)cc1)n2CCCC1CCCN(CCC(C(=O)c2ccccc2)c2ccccc2)C1. The zero-order valence-corrected chi connectivity index (χ0v) is 26.8. The molecule has 0 bridgehead atoms. The topological polar surface area (TPSA) is 47.4 Å². The number of hydrogen-bond donors (Lipinski definition) is 0. The highest BCUT2D eigenvalue weighted by Crippen LogP contribution is 2.28. The van der Waals surface area contributed by atoms with E-state index < -0.39 is 0 Å². The quantitative estimate of drug-likeness (QED) is 0.123. The third-order valence-corrected chi connectivity index (χ3v) is 9.40. The molecule has 2 unspecified atom stereocenters. The number of aromatic nitrogens is 2. The van der Waals surface area contributed by atoms with Gasteiger partial charge in [0.15, 0.2) is 5.78 Å². The van der Waals surface area contributed by atoms with Crippen LogP contribution in [0.5, 0.6) is 5.75 Å². The summed E-state index contributed by atoms with van der Waals surface area (Å²) >= 11 is 6.06. The van der Waals surface area contributed by atoms with Gasteiger partial charge in [-0.05, 0) is 99.5 Å². The Morgan fingerprint density at radius 3 is 2.47 bits per heavy atom. The molecule has 0 N–H and O–H groups in total. The van der Waals surface area contributed by atoms with Gasteiger partial charge in [0.2, 0.25) is 0 Å². The first-order valence-electron chi connectivity index (χ1n) is 16.2. The zero-order chi connectivity index (χ0) is 31.0. The molecule has 6 rings (SSSR count). The number of aryl methyl sites for hydroxylation is 2. The smallest absolute Gasteiger partial charge is 0.170 e. The van der Waals surface area contributed by atoms with Crippen LogP contribution in [0.15, 0.2) is 103 Å². The number of ketones is 1. The summed E-state index contributed by atoms with van der Waals surface area (Å²) in [6, 6.07) is 33.9. The molecule has 1 aliphatic heterocycles. The normalized spacial score (nSPS) is 16.1. The average Bonchev–Trinajstić information content (AvgIpc) is 3.44. The predicted molar refractivity (Wildman–Crippen MR) is 183 cm³/mol. The Morgan fingerprint density at radius 2 is 1.69 bits per heavy atom. The Balaban J connectivity index is 1.07. The van der Waals surface area contributed by atoms with E-state index in [1.165, 1.54) is 30.3 Å². The number of piperidine rings is 1. The fourth-order valence-electron chi connectivity index (χ4n) is 6.75. The van der Waals surface area contributed by atoms with Crippen molar-refractivity contribution in [2.24, 2.45) is 5.92 Å². The molecule has 4 aromatic carbocycles. The molecule has 0 saturated carbocycles. The molecule has 2 atom stereocenters. The lowest BCUT2D eigenvalue weighted by Crippen LogP contribution is -2.37. The molecule has 5 aromatic rings. The number of fused-ring (bicyclic) bond motifs is 1. The third kappa shape index (κ3) is 7.84. The molecule has 0 amide bonds. The van der Waals surface area contributed by atoms with Crippen LogP contribution < -0.4 is 4.74 Å². The summed E-state index contributed by atoms with van der Waals surface area (Å²) in [7, 11) is 0. The highest BCUT2D eigenvalue weighted by Gasteiger charge is 2.25. The summed E-state index contributed by atoms with van der Waals surface area (Å²) in [5.74, 6) is 2.49. The molecular formula is C39H42ClN3O2. The van der Waals surface area contributed by atoms with Crippen molar-refractivity contribution in [1.29, 1.82) is 0 Å². The van der Waals surface area contributed by atoms with Gasteiger partial charge >= 0.3 is 0 Å². The molecule has 1 aromatic heterocycles. The molecule has 0 aliphatic carbocycles. The number of halogens is 1. The Hall–Kier alpha value is -3.93. The second-order valence-electron chi connectivity index (χ2n) is 12.3. The molecule has 45 heavy (non-hydrogen) atoms. The van der Waals surface area contributed by atoms with Gasteiger partial charge in [0.05, 0.1) is 11.0 Å². The van der Waals surface area contributed by atoms with Gasteiger partial charge in [-0.1, -0.05) is 84.4 Å². The fraction of sp³-hybridized carbons (Fsp3) is 0.333. The van der Waals surface area contributed by atoms with Gasteiger partial charge in [-0.15, -0.1) is 0 Å². The van der Waals surface area contributed by atoms with Crippen molar-refractivity contribution < 1.29 is 9.53 Å². The molecule has 2 heterocycles. The Bertz CT molecular complexity index is 1680. The van der Waals surface area contributed by atoms with E-state index in [0.717, 1.165) is 67.2 Å². The lowest BCUT2D eigenvalue weighted by molar-refractivity contribution is 0.0939. The van der Waals surface area contributed by atoms with E-state index >= 15 is 0 Å². The molecule has 0 spiro atoms. The van der Waals surface area contributed by atoms with Crippen molar-refractivity contribution in [1.82, 2.24) is 14.5 Å². The second-order valence-corrected chi connectivity index (χ2v) is 12.7. The first-order valence-corrected chi connectivity index (χ1v) is 16.6. The van der Waals surface area contributed by atoms with Crippen molar-refractivity contribution in [3.05, 3.63) is 131 Å². The predicted octanol–water partition coefficient (Wildman–Crippen LogP) is 9.13. The van der Waals surface area contributed by atoms with E-state index in [-0.39, 0.29) is 11.7 Å². The van der Waals surface area contributed by atoms with Crippen LogP contribution in [-0.4, -0.2) is 39.9 Å². The monoisotopic (exact) mass is 619 g/mol. The number of rotatable bonds is 13. The van der Waals surface area contributed by atoms with Crippen LogP contribution in [0, 0.1) is 12.8 Å². The number of imidazole rings is 1. The van der Waals surface area contributed by atoms with Crippen molar-refractivity contribution in [2.45, 2.75) is 58.1 Å². The average molecular weight is 620 g/mol. The number of para-hydroxylation sites is 1. The molecule has 0 radical (unpaired) electrons. The van der Waals surface area contributed by atoms with Gasteiger partial charge in [0.1, 0.15) is 18.2 Å². The van der Waals surface area contributed by atoms with Crippen molar-refractivity contribution in [2.75, 3.05) is 19.6 Å². The molecular weight excluding hydrogens is 578 g/mol. The summed E-state index contributed by atoms with van der Waals surface area (Å²) in [5, 5.41) is 0.697. The maximum absolute atomic E-state index is 13.6. The van der Waals surface area contributed by atoms with E-state index in [9.17, 15) is 4.79 Å². The highest BCUT2D eigenvalue weighted by atomic mass is 35.5. The minimum atomic E-state index is -0.125. The van der Waals surface area contributed by atoms with Gasteiger partial charge in [-0.2, -0.15) is 0 Å². The van der Waals surface area contributed by atoms with Crippen LogP contribution in [0.1, 0.15) is 65.3 Å². The first-order chi connectivity index (χ1) is 22.0. The van der Waals surface area contributed by atoms with Gasteiger partial charge in [0.25, 0.3) is 0 Å². The fourth-order valence-corrected chi connectivity index (χ4v) is 6.88. The summed E-state index contributed by atoms with van der Waals surface area (Å²) in [6.45, 7) is 6.59. The van der Waals surface area contributed by atoms with Crippen molar-refractivity contribution in [3.8, 4) is 5.75 Å². The lowest BCUT2D eigenvalue weighted by atomic mass is 9.87. The molecule has 1 fully saturated rings. The first kappa shape index (κ1) is 31.1. The van der Waals surface area contributed by atoms with Gasteiger partial charge in [-0.25, -0.2) is 4.98 Å². The van der Waals surface area contributed by atoms with Crippen LogP contribution in [0.25, 0.3) is 11.0 Å². The van der Waals surface area contributed by atoms with Gasteiger partial charge in [0, 0.05) is 29.6 Å². The zero-order valence-electron chi connectivity index (χ0n) is 26.1. The number of benzene rings is 4. The van der Waals surface area contributed by atoms with E-state index in [0.29, 0.717) is 17.5 Å². The molecule has 232 valence electrons. The Morgan fingerprint density at radius 1 is 0.933 bits per heavy atom. The van der Waals surface area contributed by atoms with E-state index in [4.69, 9.17) is 21.3 Å². The highest BCUT2D eigenvalue weighted by molar-refractivity contribution is 6.30.